The number of hydrogen-bond acceptors (Lipinski definition) is 4. The fourth-order valence-corrected chi connectivity index (χ4v) is 7.27. The van der Waals surface area contributed by atoms with Crippen LogP contribution in [0.4, 0.5) is 10.1 Å². The van der Waals surface area contributed by atoms with E-state index >= 15 is 0 Å². The fraction of sp³-hybridized carbons (Fsp3) is 0.297. The van der Waals surface area contributed by atoms with Crippen LogP contribution in [0.2, 0.25) is 0 Å². The lowest BCUT2D eigenvalue weighted by Crippen LogP contribution is -2.55. The van der Waals surface area contributed by atoms with Crippen LogP contribution in [-0.4, -0.2) is 43.8 Å². The van der Waals surface area contributed by atoms with E-state index in [4.69, 9.17) is 0 Å². The zero-order valence-corrected chi connectivity index (χ0v) is 26.8. The number of sulfonamides is 1. The first-order valence-electron chi connectivity index (χ1n) is 15.7. The van der Waals surface area contributed by atoms with Crippen molar-refractivity contribution in [3.63, 3.8) is 0 Å². The summed E-state index contributed by atoms with van der Waals surface area (Å²) in [6, 6.07) is 29.4. The van der Waals surface area contributed by atoms with Gasteiger partial charge in [0.15, 0.2) is 0 Å². The van der Waals surface area contributed by atoms with Gasteiger partial charge in [-0.1, -0.05) is 97.6 Å². The highest BCUT2D eigenvalue weighted by Gasteiger charge is 2.35. The Morgan fingerprint density at radius 1 is 0.804 bits per heavy atom. The summed E-state index contributed by atoms with van der Waals surface area (Å²) in [4.78, 5) is 30.0. The average Bonchev–Trinajstić information content (AvgIpc) is 3.07. The van der Waals surface area contributed by atoms with Gasteiger partial charge < -0.3 is 10.2 Å². The molecule has 1 aliphatic carbocycles. The maximum atomic E-state index is 14.5. The third-order valence-corrected chi connectivity index (χ3v) is 10.2. The van der Waals surface area contributed by atoms with Crippen LogP contribution in [0.3, 0.4) is 0 Å². The van der Waals surface area contributed by atoms with Gasteiger partial charge in [0.05, 0.1) is 10.6 Å². The summed E-state index contributed by atoms with van der Waals surface area (Å²) in [5, 5.41) is 3.21. The van der Waals surface area contributed by atoms with Crippen molar-refractivity contribution >= 4 is 27.5 Å². The van der Waals surface area contributed by atoms with E-state index in [1.165, 1.54) is 17.0 Å². The smallest absolute Gasteiger partial charge is 0.264 e. The molecule has 1 atom stereocenters. The van der Waals surface area contributed by atoms with Crippen LogP contribution in [0.1, 0.15) is 48.8 Å². The highest BCUT2D eigenvalue weighted by molar-refractivity contribution is 7.92. The Labute approximate surface area is 271 Å². The molecular formula is C37H40FN3O4S. The summed E-state index contributed by atoms with van der Waals surface area (Å²) < 4.78 is 42.9. The maximum absolute atomic E-state index is 14.5. The highest BCUT2D eigenvalue weighted by Crippen LogP contribution is 2.26. The Bertz CT molecular complexity index is 1690. The molecule has 4 aromatic carbocycles. The van der Waals surface area contributed by atoms with Gasteiger partial charge in [-0.15, -0.1) is 0 Å². The summed E-state index contributed by atoms with van der Waals surface area (Å²) in [7, 11) is -4.29. The maximum Gasteiger partial charge on any atom is 0.264 e. The van der Waals surface area contributed by atoms with E-state index in [-0.39, 0.29) is 35.5 Å². The summed E-state index contributed by atoms with van der Waals surface area (Å²) in [5.74, 6) is -1.36. The van der Waals surface area contributed by atoms with E-state index in [9.17, 15) is 22.4 Å². The molecule has 4 aromatic rings. The number of carbonyl (C=O) groups excluding carboxylic acids is 2. The number of anilines is 1. The molecule has 1 N–H and O–H groups in total. The molecule has 46 heavy (non-hydrogen) atoms. The number of carbonyl (C=O) groups is 2. The van der Waals surface area contributed by atoms with Gasteiger partial charge in [-0.05, 0) is 67.3 Å². The lowest BCUT2D eigenvalue weighted by molar-refractivity contribution is -0.140. The third-order valence-electron chi connectivity index (χ3n) is 8.42. The van der Waals surface area contributed by atoms with Crippen molar-refractivity contribution in [2.24, 2.45) is 0 Å². The Morgan fingerprint density at radius 2 is 1.39 bits per heavy atom. The van der Waals surface area contributed by atoms with Crippen molar-refractivity contribution in [1.82, 2.24) is 10.2 Å². The van der Waals surface area contributed by atoms with E-state index < -0.39 is 34.3 Å². The number of amides is 2. The van der Waals surface area contributed by atoms with Gasteiger partial charge in [0.25, 0.3) is 10.0 Å². The Morgan fingerprint density at radius 3 is 2.00 bits per heavy atom. The minimum atomic E-state index is -4.29. The van der Waals surface area contributed by atoms with Crippen LogP contribution in [0.15, 0.2) is 114 Å². The van der Waals surface area contributed by atoms with Gasteiger partial charge in [-0.25, -0.2) is 12.8 Å². The van der Waals surface area contributed by atoms with Gasteiger partial charge in [0.1, 0.15) is 18.4 Å². The largest absolute Gasteiger partial charge is 0.352 e. The molecule has 1 aliphatic rings. The average molecular weight is 642 g/mol. The Balaban J connectivity index is 1.54. The zero-order chi connectivity index (χ0) is 32.5. The molecule has 0 bridgehead atoms. The van der Waals surface area contributed by atoms with Crippen molar-refractivity contribution in [3.8, 4) is 0 Å². The predicted molar refractivity (Wildman–Crippen MR) is 178 cm³/mol. The predicted octanol–water partition coefficient (Wildman–Crippen LogP) is 6.42. The van der Waals surface area contributed by atoms with Gasteiger partial charge >= 0.3 is 0 Å². The first kappa shape index (κ1) is 32.9. The van der Waals surface area contributed by atoms with Crippen molar-refractivity contribution in [3.05, 3.63) is 132 Å². The molecule has 0 aliphatic heterocycles. The third kappa shape index (κ3) is 8.40. The molecule has 1 saturated carbocycles. The second kappa shape index (κ2) is 15.2. The first-order valence-corrected chi connectivity index (χ1v) is 17.2. The number of aryl methyl sites for hydroxylation is 1. The van der Waals surface area contributed by atoms with E-state index in [1.54, 1.807) is 24.3 Å². The van der Waals surface area contributed by atoms with Crippen LogP contribution >= 0.6 is 0 Å². The standard InChI is InChI=1S/C37H40FN3O4S/c1-28-17-21-33(22-18-28)41(46(44,45)34-23-19-31(38)20-24-34)27-36(42)40(26-30-13-7-3-8-14-30)35(25-29-11-5-2-6-12-29)37(43)39-32-15-9-4-10-16-32/h2-3,5-8,11-14,17-24,32,35H,4,9-10,15-16,25-27H2,1H3,(H,39,43). The zero-order valence-electron chi connectivity index (χ0n) is 26.0. The number of rotatable bonds is 12. The molecule has 7 nitrogen and oxygen atoms in total. The van der Waals surface area contributed by atoms with Gasteiger partial charge in [0, 0.05) is 19.0 Å². The second-order valence-electron chi connectivity index (χ2n) is 11.9. The summed E-state index contributed by atoms with van der Waals surface area (Å²) in [6.07, 6.45) is 5.23. The Kier molecular flexibility index (Phi) is 10.9. The number of hydrogen-bond donors (Lipinski definition) is 1. The van der Waals surface area contributed by atoms with Crippen molar-refractivity contribution in [1.29, 1.82) is 0 Å². The Hall–Kier alpha value is -4.50. The fourth-order valence-electron chi connectivity index (χ4n) is 5.85. The van der Waals surface area contributed by atoms with Gasteiger partial charge in [-0.3, -0.25) is 13.9 Å². The number of benzene rings is 4. The van der Waals surface area contributed by atoms with E-state index in [0.29, 0.717) is 0 Å². The van der Waals surface area contributed by atoms with Crippen molar-refractivity contribution in [2.45, 2.75) is 69.0 Å². The molecular weight excluding hydrogens is 601 g/mol. The summed E-state index contributed by atoms with van der Waals surface area (Å²) >= 11 is 0. The molecule has 1 unspecified atom stereocenters. The molecule has 1 fully saturated rings. The normalized spacial score (nSPS) is 14.3. The number of halogens is 1. The van der Waals surface area contributed by atoms with Crippen LogP contribution < -0.4 is 9.62 Å². The molecule has 0 spiro atoms. The quantitative estimate of drug-likeness (QED) is 0.194. The molecule has 0 heterocycles. The van der Waals surface area contributed by atoms with E-state index in [2.05, 4.69) is 5.32 Å². The van der Waals surface area contributed by atoms with Crippen LogP contribution in [0, 0.1) is 12.7 Å². The summed E-state index contributed by atoms with van der Waals surface area (Å²) in [6.45, 7) is 1.43. The molecule has 9 heteroatoms. The van der Waals surface area contributed by atoms with Gasteiger partial charge in [-0.2, -0.15) is 0 Å². The lowest BCUT2D eigenvalue weighted by atomic mass is 9.94. The molecule has 0 radical (unpaired) electrons. The van der Waals surface area contributed by atoms with Crippen LogP contribution in [0.25, 0.3) is 0 Å². The topological polar surface area (TPSA) is 86.8 Å². The molecule has 2 amide bonds. The first-order chi connectivity index (χ1) is 22.2. The SMILES string of the molecule is Cc1ccc(N(CC(=O)N(Cc2ccccc2)C(Cc2ccccc2)C(=O)NC2CCCCC2)S(=O)(=O)c2ccc(F)cc2)cc1. The molecule has 240 valence electrons. The molecule has 0 aromatic heterocycles. The minimum absolute atomic E-state index is 0.0242. The minimum Gasteiger partial charge on any atom is -0.352 e. The monoisotopic (exact) mass is 641 g/mol. The lowest BCUT2D eigenvalue weighted by Gasteiger charge is -2.35. The molecule has 0 saturated heterocycles. The van der Waals surface area contributed by atoms with Gasteiger partial charge in [0.2, 0.25) is 11.8 Å². The van der Waals surface area contributed by atoms with E-state index in [0.717, 1.165) is 65.2 Å². The second-order valence-corrected chi connectivity index (χ2v) is 13.7. The van der Waals surface area contributed by atoms with Crippen LogP contribution in [-0.2, 0) is 32.6 Å². The molecule has 5 rings (SSSR count). The van der Waals surface area contributed by atoms with Crippen molar-refractivity contribution < 1.29 is 22.4 Å². The summed E-state index contributed by atoms with van der Waals surface area (Å²) in [5.41, 5.74) is 2.89. The van der Waals surface area contributed by atoms with Crippen LogP contribution in [0.5, 0.6) is 0 Å². The highest BCUT2D eigenvalue weighted by atomic mass is 32.2. The number of nitrogens with one attached hydrogen (secondary N) is 1. The van der Waals surface area contributed by atoms with E-state index in [1.807, 2.05) is 67.6 Å². The number of nitrogens with zero attached hydrogens (tertiary/aromatic N) is 2. The van der Waals surface area contributed by atoms with Crippen molar-refractivity contribution in [2.75, 3.05) is 10.8 Å².